The van der Waals surface area contributed by atoms with Gasteiger partial charge in [0.2, 0.25) is 5.90 Å². The van der Waals surface area contributed by atoms with Gasteiger partial charge in [-0.3, -0.25) is 0 Å². The van der Waals surface area contributed by atoms with Gasteiger partial charge in [-0.15, -0.1) is 0 Å². The minimum Gasteiger partial charge on any atom is -0.489 e. The number of para-hydroxylation sites is 1. The zero-order chi connectivity index (χ0) is 19.4. The van der Waals surface area contributed by atoms with Crippen molar-refractivity contribution in [3.8, 4) is 5.75 Å². The monoisotopic (exact) mass is 361 g/mol. The Kier molecular flexibility index (Phi) is 5.26. The predicted octanol–water partition coefficient (Wildman–Crippen LogP) is 4.89. The molecule has 0 atom stereocenters. The number of nitrogens with zero attached hydrogens (tertiary/aromatic N) is 1. The third-order valence-corrected chi connectivity index (χ3v) is 4.19. The zero-order valence-corrected chi connectivity index (χ0v) is 15.9. The summed E-state index contributed by atoms with van der Waals surface area (Å²) in [5, 5.41) is 0. The molecule has 0 aromatic heterocycles. The number of aliphatic imine (C=N–C) groups is 1. The Balaban J connectivity index is 1.88. The van der Waals surface area contributed by atoms with Crippen molar-refractivity contribution in [3.63, 3.8) is 0 Å². The molecule has 0 aliphatic carbocycles. The van der Waals surface area contributed by atoms with Crippen LogP contribution in [0.5, 0.6) is 5.75 Å². The van der Waals surface area contributed by atoms with Crippen LogP contribution in [0.25, 0.3) is 6.08 Å². The van der Waals surface area contributed by atoms with Crippen molar-refractivity contribution in [2.45, 2.75) is 26.2 Å². The predicted molar refractivity (Wildman–Crippen MR) is 108 cm³/mol. The fourth-order valence-corrected chi connectivity index (χ4v) is 2.67. The van der Waals surface area contributed by atoms with Gasteiger partial charge >= 0.3 is 5.97 Å². The lowest BCUT2D eigenvalue weighted by molar-refractivity contribution is -0.129. The number of esters is 1. The normalized spacial score (nSPS) is 15.4. The van der Waals surface area contributed by atoms with Crippen molar-refractivity contribution in [2.24, 2.45) is 4.99 Å². The zero-order valence-electron chi connectivity index (χ0n) is 15.9. The van der Waals surface area contributed by atoms with Gasteiger partial charge in [0.25, 0.3) is 0 Å². The molecule has 2 aromatic rings. The number of carbonyl (C=O) groups excluding carboxylic acids is 1. The Morgan fingerprint density at radius 2 is 1.81 bits per heavy atom. The first-order valence-corrected chi connectivity index (χ1v) is 8.84. The highest BCUT2D eigenvalue weighted by atomic mass is 16.6. The van der Waals surface area contributed by atoms with Crippen molar-refractivity contribution >= 4 is 17.9 Å². The molecule has 27 heavy (non-hydrogen) atoms. The molecular weight excluding hydrogens is 338 g/mol. The first kappa shape index (κ1) is 18.6. The van der Waals surface area contributed by atoms with Gasteiger partial charge < -0.3 is 9.47 Å². The van der Waals surface area contributed by atoms with E-state index in [1.54, 1.807) is 12.2 Å². The lowest BCUT2D eigenvalue weighted by atomic mass is 9.87. The fourth-order valence-electron chi connectivity index (χ4n) is 2.67. The maximum atomic E-state index is 12.3. The van der Waals surface area contributed by atoms with Gasteiger partial charge in [-0.2, -0.15) is 0 Å². The highest BCUT2D eigenvalue weighted by Crippen LogP contribution is 2.26. The maximum Gasteiger partial charge on any atom is 0.363 e. The van der Waals surface area contributed by atoms with Crippen molar-refractivity contribution in [1.29, 1.82) is 0 Å². The lowest BCUT2D eigenvalue weighted by Crippen LogP contribution is -2.11. The molecule has 2 aromatic carbocycles. The highest BCUT2D eigenvalue weighted by molar-refractivity contribution is 6.12. The molecule has 1 aliphatic heterocycles. The smallest absolute Gasteiger partial charge is 0.363 e. The molecule has 0 radical (unpaired) electrons. The Hall–Kier alpha value is -3.14. The van der Waals surface area contributed by atoms with E-state index in [9.17, 15) is 4.79 Å². The van der Waals surface area contributed by atoms with Crippen LogP contribution in [0.3, 0.4) is 0 Å². The number of ether oxygens (including phenoxy) is 2. The van der Waals surface area contributed by atoms with Gasteiger partial charge in [0.05, 0.1) is 0 Å². The lowest BCUT2D eigenvalue weighted by Gasteiger charge is -2.18. The van der Waals surface area contributed by atoms with Crippen LogP contribution in [-0.4, -0.2) is 18.5 Å². The molecule has 138 valence electrons. The van der Waals surface area contributed by atoms with E-state index in [0.717, 1.165) is 11.1 Å². The average Bonchev–Trinajstić information content (AvgIpc) is 3.01. The topological polar surface area (TPSA) is 47.9 Å². The molecule has 0 bridgehead atoms. The molecule has 0 spiro atoms. The minimum atomic E-state index is -0.469. The second-order valence-electron chi connectivity index (χ2n) is 7.30. The summed E-state index contributed by atoms with van der Waals surface area (Å²) >= 11 is 0. The molecule has 1 heterocycles. The molecule has 1 aliphatic rings. The second kappa shape index (κ2) is 7.62. The summed E-state index contributed by atoms with van der Waals surface area (Å²) < 4.78 is 11.0. The average molecular weight is 361 g/mol. The van der Waals surface area contributed by atoms with Crippen LogP contribution in [0.1, 0.15) is 37.5 Å². The standard InChI is InChI=1S/C23H23NO3/c1-5-14-26-20-9-7-6-8-17(20)15-19-22(25)27-21(24-19)16-10-12-18(13-11-16)23(2,3)4/h5-13,15H,1,14H2,2-4H3/b19-15-. The first-order chi connectivity index (χ1) is 12.9. The van der Waals surface area contributed by atoms with E-state index in [0.29, 0.717) is 18.3 Å². The van der Waals surface area contributed by atoms with Gasteiger partial charge in [0.1, 0.15) is 12.4 Å². The Morgan fingerprint density at radius 3 is 2.48 bits per heavy atom. The molecule has 0 fully saturated rings. The molecule has 0 amide bonds. The summed E-state index contributed by atoms with van der Waals surface area (Å²) in [5.41, 5.74) is 3.06. The molecule has 4 nitrogen and oxygen atoms in total. The van der Waals surface area contributed by atoms with Crippen LogP contribution in [0.15, 0.2) is 71.9 Å². The highest BCUT2D eigenvalue weighted by Gasteiger charge is 2.25. The number of benzene rings is 2. The maximum absolute atomic E-state index is 12.3. The summed E-state index contributed by atoms with van der Waals surface area (Å²) in [6.45, 7) is 10.5. The third-order valence-electron chi connectivity index (χ3n) is 4.19. The number of carbonyl (C=O) groups is 1. The molecule has 0 saturated carbocycles. The van der Waals surface area contributed by atoms with E-state index < -0.39 is 5.97 Å². The van der Waals surface area contributed by atoms with Gasteiger partial charge in [0, 0.05) is 11.1 Å². The van der Waals surface area contributed by atoms with E-state index in [-0.39, 0.29) is 11.1 Å². The van der Waals surface area contributed by atoms with Crippen LogP contribution < -0.4 is 4.74 Å². The van der Waals surface area contributed by atoms with E-state index in [1.165, 1.54) is 5.56 Å². The largest absolute Gasteiger partial charge is 0.489 e. The SMILES string of the molecule is C=CCOc1ccccc1/C=C1\N=C(c2ccc(C(C)(C)C)cc2)OC1=O. The summed E-state index contributed by atoms with van der Waals surface area (Å²) in [6.07, 6.45) is 3.35. The first-order valence-electron chi connectivity index (χ1n) is 8.84. The van der Waals surface area contributed by atoms with Crippen LogP contribution >= 0.6 is 0 Å². The van der Waals surface area contributed by atoms with E-state index in [4.69, 9.17) is 9.47 Å². The number of hydrogen-bond donors (Lipinski definition) is 0. The van der Waals surface area contributed by atoms with Gasteiger partial charge in [-0.25, -0.2) is 9.79 Å². The molecule has 0 saturated heterocycles. The van der Waals surface area contributed by atoms with E-state index in [2.05, 4.69) is 32.3 Å². The number of rotatable bonds is 5. The number of cyclic esters (lactones) is 1. The Morgan fingerprint density at radius 1 is 1.11 bits per heavy atom. The summed E-state index contributed by atoms with van der Waals surface area (Å²) in [5.74, 6) is 0.510. The number of hydrogen-bond acceptors (Lipinski definition) is 4. The van der Waals surface area contributed by atoms with Crippen molar-refractivity contribution in [2.75, 3.05) is 6.61 Å². The van der Waals surface area contributed by atoms with Crippen LogP contribution in [0.2, 0.25) is 0 Å². The Bertz CT molecular complexity index is 915. The van der Waals surface area contributed by atoms with Crippen molar-refractivity contribution < 1.29 is 14.3 Å². The molecule has 0 unspecified atom stereocenters. The van der Waals surface area contributed by atoms with Gasteiger partial charge in [-0.05, 0) is 35.3 Å². The quantitative estimate of drug-likeness (QED) is 0.433. The van der Waals surface area contributed by atoms with Crippen LogP contribution in [0, 0.1) is 0 Å². The van der Waals surface area contributed by atoms with Gasteiger partial charge in [-0.1, -0.05) is 63.8 Å². The Labute approximate surface area is 159 Å². The minimum absolute atomic E-state index is 0.0624. The van der Waals surface area contributed by atoms with Gasteiger partial charge in [0.15, 0.2) is 5.70 Å². The van der Waals surface area contributed by atoms with Crippen LogP contribution in [0.4, 0.5) is 0 Å². The molecular formula is C23H23NO3. The van der Waals surface area contributed by atoms with Crippen molar-refractivity contribution in [1.82, 2.24) is 0 Å². The van der Waals surface area contributed by atoms with E-state index >= 15 is 0 Å². The molecule has 4 heteroatoms. The third kappa shape index (κ3) is 4.34. The fraction of sp³-hybridized carbons (Fsp3) is 0.217. The molecule has 3 rings (SSSR count). The second-order valence-corrected chi connectivity index (χ2v) is 7.30. The summed E-state index contributed by atoms with van der Waals surface area (Å²) in [6, 6.07) is 15.4. The van der Waals surface area contributed by atoms with Crippen LogP contribution in [-0.2, 0) is 14.9 Å². The van der Waals surface area contributed by atoms with E-state index in [1.807, 2.05) is 48.5 Å². The van der Waals surface area contributed by atoms with Crippen molar-refractivity contribution in [3.05, 3.63) is 83.6 Å². The molecule has 0 N–H and O–H groups in total. The summed E-state index contributed by atoms with van der Waals surface area (Å²) in [4.78, 5) is 16.6. The summed E-state index contributed by atoms with van der Waals surface area (Å²) in [7, 11) is 0.